The lowest BCUT2D eigenvalue weighted by atomic mass is 9.81. The number of aryl methyl sites for hydroxylation is 2. The van der Waals surface area contributed by atoms with E-state index in [0.29, 0.717) is 23.1 Å². The highest BCUT2D eigenvalue weighted by atomic mass is 16.2. The van der Waals surface area contributed by atoms with Crippen LogP contribution in [0.1, 0.15) is 40.7 Å². The maximum absolute atomic E-state index is 13.0. The first kappa shape index (κ1) is 18.1. The fourth-order valence-electron chi connectivity index (χ4n) is 5.60. The molecule has 5 nitrogen and oxygen atoms in total. The zero-order valence-corrected chi connectivity index (χ0v) is 16.6. The average Bonchev–Trinajstić information content (AvgIpc) is 3.38. The molecule has 0 aromatic heterocycles. The van der Waals surface area contributed by atoms with Crippen LogP contribution >= 0.6 is 0 Å². The van der Waals surface area contributed by atoms with Gasteiger partial charge >= 0.3 is 0 Å². The smallest absolute Gasteiger partial charge is 0.255 e. The predicted octanol–water partition coefficient (Wildman–Crippen LogP) is 4.09. The molecule has 1 aliphatic heterocycles. The molecule has 3 aliphatic rings. The first-order chi connectivity index (χ1) is 13.9. The van der Waals surface area contributed by atoms with E-state index in [1.807, 2.05) is 32.0 Å². The van der Waals surface area contributed by atoms with Gasteiger partial charge in [0.25, 0.3) is 5.91 Å². The van der Waals surface area contributed by atoms with Crippen LogP contribution in [0, 0.1) is 37.5 Å². The van der Waals surface area contributed by atoms with Gasteiger partial charge in [-0.2, -0.15) is 0 Å². The Labute approximate surface area is 170 Å². The van der Waals surface area contributed by atoms with E-state index in [9.17, 15) is 14.4 Å². The number of carbonyl (C=O) groups is 3. The molecular formula is C24H24N2O3. The normalized spacial score (nSPS) is 27.4. The van der Waals surface area contributed by atoms with Crippen molar-refractivity contribution in [1.82, 2.24) is 0 Å². The maximum atomic E-state index is 13.0. The van der Waals surface area contributed by atoms with Crippen LogP contribution in [0.25, 0.3) is 0 Å². The zero-order chi connectivity index (χ0) is 20.3. The Balaban J connectivity index is 1.41. The summed E-state index contributed by atoms with van der Waals surface area (Å²) >= 11 is 0. The van der Waals surface area contributed by atoms with Gasteiger partial charge in [0, 0.05) is 11.3 Å². The number of nitrogens with zero attached hydrogens (tertiary/aromatic N) is 1. The molecule has 2 bridgehead atoms. The number of rotatable bonds is 3. The number of imide groups is 1. The topological polar surface area (TPSA) is 66.5 Å². The van der Waals surface area contributed by atoms with Crippen LogP contribution in [-0.2, 0) is 9.59 Å². The van der Waals surface area contributed by atoms with E-state index in [4.69, 9.17) is 0 Å². The summed E-state index contributed by atoms with van der Waals surface area (Å²) in [5, 5.41) is 2.93. The van der Waals surface area contributed by atoms with E-state index in [-0.39, 0.29) is 29.6 Å². The third-order valence-electron chi connectivity index (χ3n) is 6.92. The van der Waals surface area contributed by atoms with Gasteiger partial charge < -0.3 is 5.32 Å². The second-order valence-corrected chi connectivity index (χ2v) is 8.72. The van der Waals surface area contributed by atoms with E-state index >= 15 is 0 Å². The molecule has 29 heavy (non-hydrogen) atoms. The summed E-state index contributed by atoms with van der Waals surface area (Å²) in [5.41, 5.74) is 3.81. The molecule has 148 valence electrons. The molecule has 1 heterocycles. The average molecular weight is 388 g/mol. The van der Waals surface area contributed by atoms with Gasteiger partial charge in [-0.05, 0) is 74.8 Å². The summed E-state index contributed by atoms with van der Waals surface area (Å²) in [6.45, 7) is 3.96. The Morgan fingerprint density at radius 1 is 0.966 bits per heavy atom. The highest BCUT2D eigenvalue weighted by molar-refractivity contribution is 6.23. The molecule has 0 unspecified atom stereocenters. The molecule has 5 heteroatoms. The van der Waals surface area contributed by atoms with Crippen LogP contribution in [0.15, 0.2) is 42.5 Å². The molecule has 1 saturated heterocycles. The van der Waals surface area contributed by atoms with Crippen LogP contribution in [0.4, 0.5) is 11.4 Å². The third kappa shape index (κ3) is 2.79. The Morgan fingerprint density at radius 2 is 1.66 bits per heavy atom. The van der Waals surface area contributed by atoms with Gasteiger partial charge in [-0.3, -0.25) is 19.3 Å². The van der Waals surface area contributed by atoms with Gasteiger partial charge in [-0.25, -0.2) is 0 Å². The number of anilines is 2. The third-order valence-corrected chi connectivity index (χ3v) is 6.92. The van der Waals surface area contributed by atoms with Crippen molar-refractivity contribution < 1.29 is 14.4 Å². The van der Waals surface area contributed by atoms with Crippen molar-refractivity contribution in [2.24, 2.45) is 23.7 Å². The van der Waals surface area contributed by atoms with E-state index in [0.717, 1.165) is 36.1 Å². The number of amides is 3. The minimum absolute atomic E-state index is 0.0841. The Kier molecular flexibility index (Phi) is 4.09. The van der Waals surface area contributed by atoms with Crippen LogP contribution in [0.2, 0.25) is 0 Å². The summed E-state index contributed by atoms with van der Waals surface area (Å²) in [5.74, 6) is -0.0378. The first-order valence-corrected chi connectivity index (χ1v) is 10.3. The van der Waals surface area contributed by atoms with Crippen LogP contribution in [0.3, 0.4) is 0 Å². The van der Waals surface area contributed by atoms with Gasteiger partial charge in [0.1, 0.15) is 0 Å². The maximum Gasteiger partial charge on any atom is 0.255 e. The standard InChI is InChI=1S/C24H24N2O3/c1-13-6-9-19(14(2)10-13)25-22(27)17-4-3-5-18(12-17)26-23(28)20-15-7-8-16(11-15)21(20)24(26)29/h3-6,9-10,12,15-16,20-21H,7-8,11H2,1-2H3,(H,25,27)/t15-,16+,20-,21+. The molecule has 1 N–H and O–H groups in total. The van der Waals surface area contributed by atoms with Crippen LogP contribution < -0.4 is 10.2 Å². The van der Waals surface area contributed by atoms with Crippen LogP contribution in [-0.4, -0.2) is 17.7 Å². The van der Waals surface area contributed by atoms with Crippen molar-refractivity contribution in [2.45, 2.75) is 33.1 Å². The molecule has 2 aromatic rings. The number of hydrogen-bond acceptors (Lipinski definition) is 3. The molecule has 4 atom stereocenters. The van der Waals surface area contributed by atoms with Crippen molar-refractivity contribution in [3.05, 3.63) is 59.2 Å². The fraction of sp³-hybridized carbons (Fsp3) is 0.375. The van der Waals surface area contributed by atoms with Crippen molar-refractivity contribution in [1.29, 1.82) is 0 Å². The lowest BCUT2D eigenvalue weighted by molar-refractivity contribution is -0.123. The second-order valence-electron chi connectivity index (χ2n) is 8.72. The quantitative estimate of drug-likeness (QED) is 0.806. The SMILES string of the molecule is Cc1ccc(NC(=O)c2cccc(N3C(=O)[C@@H]4[C@@H]5CC[C@@H](C5)[C@@H]4C3=O)c2)c(C)c1. The van der Waals surface area contributed by atoms with Crippen molar-refractivity contribution in [3.63, 3.8) is 0 Å². The zero-order valence-electron chi connectivity index (χ0n) is 16.6. The summed E-state index contributed by atoms with van der Waals surface area (Å²) in [6, 6.07) is 12.7. The summed E-state index contributed by atoms with van der Waals surface area (Å²) in [4.78, 5) is 40.2. The summed E-state index contributed by atoms with van der Waals surface area (Å²) in [7, 11) is 0. The molecule has 2 saturated carbocycles. The lowest BCUT2D eigenvalue weighted by Crippen LogP contribution is -2.33. The Bertz CT molecular complexity index is 1020. The highest BCUT2D eigenvalue weighted by Crippen LogP contribution is 2.56. The van der Waals surface area contributed by atoms with Gasteiger partial charge in [0.05, 0.1) is 17.5 Å². The van der Waals surface area contributed by atoms with E-state index in [1.54, 1.807) is 24.3 Å². The fourth-order valence-corrected chi connectivity index (χ4v) is 5.60. The number of hydrogen-bond donors (Lipinski definition) is 1. The molecule has 3 fully saturated rings. The monoisotopic (exact) mass is 388 g/mol. The molecule has 0 spiro atoms. The molecule has 2 aliphatic carbocycles. The Hall–Kier alpha value is -2.95. The largest absolute Gasteiger partial charge is 0.322 e. The Morgan fingerprint density at radius 3 is 2.31 bits per heavy atom. The van der Waals surface area contributed by atoms with Gasteiger partial charge in [-0.1, -0.05) is 23.8 Å². The predicted molar refractivity (Wildman–Crippen MR) is 111 cm³/mol. The molecule has 5 rings (SSSR count). The number of carbonyl (C=O) groups excluding carboxylic acids is 3. The van der Waals surface area contributed by atoms with Crippen LogP contribution in [0.5, 0.6) is 0 Å². The number of fused-ring (bicyclic) bond motifs is 5. The van der Waals surface area contributed by atoms with Gasteiger partial charge in [0.2, 0.25) is 11.8 Å². The van der Waals surface area contributed by atoms with E-state index in [1.165, 1.54) is 4.90 Å². The summed E-state index contributed by atoms with van der Waals surface area (Å²) in [6.07, 6.45) is 3.12. The number of benzene rings is 2. The number of nitrogens with one attached hydrogen (secondary N) is 1. The first-order valence-electron chi connectivity index (χ1n) is 10.3. The minimum Gasteiger partial charge on any atom is -0.322 e. The van der Waals surface area contributed by atoms with Crippen molar-refractivity contribution in [2.75, 3.05) is 10.2 Å². The second kappa shape index (κ2) is 6.55. The molecule has 3 amide bonds. The highest BCUT2D eigenvalue weighted by Gasteiger charge is 2.61. The van der Waals surface area contributed by atoms with Crippen molar-refractivity contribution >= 4 is 29.1 Å². The van der Waals surface area contributed by atoms with Gasteiger partial charge in [0.15, 0.2) is 0 Å². The van der Waals surface area contributed by atoms with E-state index < -0.39 is 0 Å². The molecular weight excluding hydrogens is 364 g/mol. The summed E-state index contributed by atoms with van der Waals surface area (Å²) < 4.78 is 0. The lowest BCUT2D eigenvalue weighted by Gasteiger charge is -2.19. The molecule has 2 aromatic carbocycles. The van der Waals surface area contributed by atoms with E-state index in [2.05, 4.69) is 5.32 Å². The van der Waals surface area contributed by atoms with Crippen molar-refractivity contribution in [3.8, 4) is 0 Å². The van der Waals surface area contributed by atoms with Gasteiger partial charge in [-0.15, -0.1) is 0 Å². The molecule has 0 radical (unpaired) electrons. The minimum atomic E-state index is -0.252.